The lowest BCUT2D eigenvalue weighted by molar-refractivity contribution is -0.141. The number of thioether (sulfide) groups is 1. The summed E-state index contributed by atoms with van der Waals surface area (Å²) in [5.41, 5.74) is 5.38. The van der Waals surface area contributed by atoms with Crippen molar-refractivity contribution in [1.29, 1.82) is 0 Å². The highest BCUT2D eigenvalue weighted by Crippen LogP contribution is 2.19. The first kappa shape index (κ1) is 13.7. The summed E-state index contributed by atoms with van der Waals surface area (Å²) in [5.74, 6) is 1.78. The Bertz CT molecular complexity index is 318. The van der Waals surface area contributed by atoms with Gasteiger partial charge in [0.1, 0.15) is 6.04 Å². The van der Waals surface area contributed by atoms with Gasteiger partial charge in [0.15, 0.2) is 0 Å². The maximum absolute atomic E-state index is 12.3. The number of carbonyl (C=O) groups is 2. The smallest absolute Gasteiger partial charge is 0.240 e. The van der Waals surface area contributed by atoms with Crippen molar-refractivity contribution >= 4 is 23.6 Å². The number of primary amides is 1. The number of carbonyl (C=O) groups excluding carboxylic acids is 2. The van der Waals surface area contributed by atoms with E-state index in [0.717, 1.165) is 30.9 Å². The predicted molar refractivity (Wildman–Crippen MR) is 72.3 cm³/mol. The van der Waals surface area contributed by atoms with E-state index in [0.29, 0.717) is 19.4 Å². The maximum atomic E-state index is 12.3. The fourth-order valence-corrected chi connectivity index (χ4v) is 3.55. The number of amides is 2. The van der Waals surface area contributed by atoms with Crippen LogP contribution in [0.4, 0.5) is 0 Å². The summed E-state index contributed by atoms with van der Waals surface area (Å²) >= 11 is 1.87. The SMILES string of the molecule is NC(=O)C1CCCCN1C(=O)CC1CSCCN1. The molecule has 2 aliphatic rings. The normalized spacial score (nSPS) is 29.0. The average Bonchev–Trinajstić information content (AvgIpc) is 2.40. The predicted octanol–water partition coefficient (Wildman–Crippen LogP) is -0.0521. The Morgan fingerprint density at radius 2 is 2.22 bits per heavy atom. The fourth-order valence-electron chi connectivity index (χ4n) is 2.60. The van der Waals surface area contributed by atoms with Crippen LogP contribution in [0.15, 0.2) is 0 Å². The number of nitrogens with one attached hydrogen (secondary N) is 1. The zero-order chi connectivity index (χ0) is 13.0. The molecule has 0 aliphatic carbocycles. The molecule has 0 bridgehead atoms. The number of nitrogens with two attached hydrogens (primary N) is 1. The molecule has 2 atom stereocenters. The van der Waals surface area contributed by atoms with Gasteiger partial charge >= 0.3 is 0 Å². The van der Waals surface area contributed by atoms with Crippen LogP contribution in [0.5, 0.6) is 0 Å². The van der Waals surface area contributed by atoms with E-state index in [4.69, 9.17) is 5.73 Å². The maximum Gasteiger partial charge on any atom is 0.240 e. The summed E-state index contributed by atoms with van der Waals surface area (Å²) in [4.78, 5) is 25.3. The molecule has 0 spiro atoms. The minimum Gasteiger partial charge on any atom is -0.368 e. The number of piperidine rings is 1. The molecule has 6 heteroatoms. The summed E-state index contributed by atoms with van der Waals surface area (Å²) < 4.78 is 0. The van der Waals surface area contributed by atoms with Crippen LogP contribution in [-0.2, 0) is 9.59 Å². The van der Waals surface area contributed by atoms with E-state index in [1.54, 1.807) is 4.90 Å². The zero-order valence-corrected chi connectivity index (χ0v) is 11.4. The van der Waals surface area contributed by atoms with Gasteiger partial charge < -0.3 is 16.0 Å². The van der Waals surface area contributed by atoms with E-state index in [1.807, 2.05) is 11.8 Å². The second-order valence-electron chi connectivity index (χ2n) is 4.93. The molecule has 2 unspecified atom stereocenters. The summed E-state index contributed by atoms with van der Waals surface area (Å²) in [6.45, 7) is 1.63. The highest BCUT2D eigenvalue weighted by Gasteiger charge is 2.31. The van der Waals surface area contributed by atoms with Gasteiger partial charge in [0, 0.05) is 37.1 Å². The first-order valence-corrected chi connectivity index (χ1v) is 7.74. The molecule has 0 aromatic carbocycles. The topological polar surface area (TPSA) is 75.4 Å². The van der Waals surface area contributed by atoms with Crippen molar-refractivity contribution in [2.24, 2.45) is 5.73 Å². The first-order chi connectivity index (χ1) is 8.68. The molecule has 2 aliphatic heterocycles. The van der Waals surface area contributed by atoms with Gasteiger partial charge in [-0.25, -0.2) is 0 Å². The lowest BCUT2D eigenvalue weighted by atomic mass is 10.0. The number of hydrogen-bond acceptors (Lipinski definition) is 4. The van der Waals surface area contributed by atoms with Crippen LogP contribution in [0.3, 0.4) is 0 Å². The Morgan fingerprint density at radius 1 is 1.39 bits per heavy atom. The van der Waals surface area contributed by atoms with Gasteiger partial charge in [-0.15, -0.1) is 0 Å². The molecule has 0 saturated carbocycles. The summed E-state index contributed by atoms with van der Waals surface area (Å²) in [6, 6.07) is -0.144. The van der Waals surface area contributed by atoms with E-state index in [9.17, 15) is 9.59 Å². The van der Waals surface area contributed by atoms with Gasteiger partial charge in [0.25, 0.3) is 0 Å². The number of hydrogen-bond donors (Lipinski definition) is 2. The Balaban J connectivity index is 1.91. The minimum atomic E-state index is -0.387. The van der Waals surface area contributed by atoms with Gasteiger partial charge in [-0.1, -0.05) is 0 Å². The van der Waals surface area contributed by atoms with Crippen molar-refractivity contribution in [3.8, 4) is 0 Å². The highest BCUT2D eigenvalue weighted by atomic mass is 32.2. The molecule has 2 heterocycles. The first-order valence-electron chi connectivity index (χ1n) is 6.58. The van der Waals surface area contributed by atoms with Crippen molar-refractivity contribution in [2.75, 3.05) is 24.6 Å². The third kappa shape index (κ3) is 3.38. The second kappa shape index (κ2) is 6.43. The molecule has 2 rings (SSSR count). The van der Waals surface area contributed by atoms with E-state index in [2.05, 4.69) is 5.32 Å². The zero-order valence-electron chi connectivity index (χ0n) is 10.6. The summed E-state index contributed by atoms with van der Waals surface area (Å²) in [6.07, 6.45) is 3.15. The average molecular weight is 271 g/mol. The van der Waals surface area contributed by atoms with Crippen molar-refractivity contribution in [2.45, 2.75) is 37.8 Å². The van der Waals surface area contributed by atoms with Crippen molar-refractivity contribution in [3.05, 3.63) is 0 Å². The fraction of sp³-hybridized carbons (Fsp3) is 0.833. The molecule has 3 N–H and O–H groups in total. The Hall–Kier alpha value is -0.750. The van der Waals surface area contributed by atoms with Crippen LogP contribution in [0.2, 0.25) is 0 Å². The quantitative estimate of drug-likeness (QED) is 0.754. The Kier molecular flexibility index (Phi) is 4.88. The Morgan fingerprint density at radius 3 is 2.89 bits per heavy atom. The van der Waals surface area contributed by atoms with Crippen LogP contribution in [0.25, 0.3) is 0 Å². The third-order valence-corrected chi connectivity index (χ3v) is 4.70. The van der Waals surface area contributed by atoms with E-state index >= 15 is 0 Å². The van der Waals surface area contributed by atoms with E-state index in [1.165, 1.54) is 0 Å². The van der Waals surface area contributed by atoms with Crippen molar-refractivity contribution in [1.82, 2.24) is 10.2 Å². The van der Waals surface area contributed by atoms with Crippen LogP contribution in [0, 0.1) is 0 Å². The minimum absolute atomic E-state index is 0.0681. The lowest BCUT2D eigenvalue weighted by Gasteiger charge is -2.35. The summed E-state index contributed by atoms with van der Waals surface area (Å²) in [5, 5.41) is 3.35. The third-order valence-electron chi connectivity index (χ3n) is 3.57. The van der Waals surface area contributed by atoms with Gasteiger partial charge in [0.05, 0.1) is 0 Å². The van der Waals surface area contributed by atoms with Crippen molar-refractivity contribution in [3.63, 3.8) is 0 Å². The summed E-state index contributed by atoms with van der Waals surface area (Å²) in [7, 11) is 0. The molecule has 0 aromatic rings. The van der Waals surface area contributed by atoms with Gasteiger partial charge in [-0.2, -0.15) is 11.8 Å². The highest BCUT2D eigenvalue weighted by molar-refractivity contribution is 7.99. The number of likely N-dealkylation sites (tertiary alicyclic amines) is 1. The molecule has 2 amide bonds. The van der Waals surface area contributed by atoms with Crippen molar-refractivity contribution < 1.29 is 9.59 Å². The number of rotatable bonds is 3. The number of nitrogens with zero attached hydrogens (tertiary/aromatic N) is 1. The molecular weight excluding hydrogens is 250 g/mol. The van der Waals surface area contributed by atoms with Crippen LogP contribution in [0.1, 0.15) is 25.7 Å². The standard InChI is InChI=1S/C12H21N3O2S/c13-12(17)10-3-1-2-5-15(10)11(16)7-9-8-18-6-4-14-9/h9-10,14H,1-8H2,(H2,13,17). The van der Waals surface area contributed by atoms with Crippen LogP contribution >= 0.6 is 11.8 Å². The molecule has 5 nitrogen and oxygen atoms in total. The largest absolute Gasteiger partial charge is 0.368 e. The molecular formula is C12H21N3O2S. The van der Waals surface area contributed by atoms with Crippen LogP contribution < -0.4 is 11.1 Å². The molecule has 102 valence electrons. The molecule has 0 radical (unpaired) electrons. The molecule has 2 fully saturated rings. The van der Waals surface area contributed by atoms with Gasteiger partial charge in [-0.3, -0.25) is 9.59 Å². The van der Waals surface area contributed by atoms with Gasteiger partial charge in [0.2, 0.25) is 11.8 Å². The van der Waals surface area contributed by atoms with Gasteiger partial charge in [-0.05, 0) is 19.3 Å². The lowest BCUT2D eigenvalue weighted by Crippen LogP contribution is -2.52. The molecule has 0 aromatic heterocycles. The second-order valence-corrected chi connectivity index (χ2v) is 6.08. The molecule has 18 heavy (non-hydrogen) atoms. The van der Waals surface area contributed by atoms with E-state index in [-0.39, 0.29) is 23.9 Å². The Labute approximate surface area is 112 Å². The molecule has 2 saturated heterocycles. The van der Waals surface area contributed by atoms with Crippen LogP contribution in [-0.4, -0.2) is 53.4 Å². The van der Waals surface area contributed by atoms with E-state index < -0.39 is 0 Å². The monoisotopic (exact) mass is 271 g/mol.